The molecular formula is C18H30N4O5. The maximum absolute atomic E-state index is 12.3. The Kier molecular flexibility index (Phi) is 7.61. The van der Waals surface area contributed by atoms with Crippen molar-refractivity contribution in [3.63, 3.8) is 0 Å². The highest BCUT2D eigenvalue weighted by Crippen LogP contribution is 2.17. The van der Waals surface area contributed by atoms with Crippen molar-refractivity contribution in [2.75, 3.05) is 40.0 Å². The van der Waals surface area contributed by atoms with E-state index in [0.717, 1.165) is 12.1 Å². The number of hydrogen-bond acceptors (Lipinski definition) is 6. The molecule has 1 aliphatic heterocycles. The number of amides is 2. The Bertz CT molecular complexity index is 638. The number of ether oxygens (including phenoxy) is 3. The number of nitrogens with zero attached hydrogens (tertiary/aromatic N) is 3. The second-order valence-corrected chi connectivity index (χ2v) is 7.36. The zero-order valence-corrected chi connectivity index (χ0v) is 16.6. The molecule has 0 bridgehead atoms. The van der Waals surface area contributed by atoms with Crippen LogP contribution in [0.1, 0.15) is 43.4 Å². The van der Waals surface area contributed by atoms with Crippen molar-refractivity contribution < 1.29 is 23.8 Å². The normalized spacial score (nSPS) is 14.4. The third-order valence-electron chi connectivity index (χ3n) is 3.86. The lowest BCUT2D eigenvalue weighted by molar-refractivity contribution is 0.0236. The summed E-state index contributed by atoms with van der Waals surface area (Å²) < 4.78 is 17.4. The van der Waals surface area contributed by atoms with Crippen LogP contribution in [0.15, 0.2) is 6.07 Å². The molecule has 0 unspecified atom stereocenters. The Morgan fingerprint density at radius 2 is 2.00 bits per heavy atom. The number of rotatable bonds is 7. The van der Waals surface area contributed by atoms with Crippen LogP contribution in [0.5, 0.6) is 0 Å². The number of aromatic nitrogens is 2. The molecule has 2 heterocycles. The van der Waals surface area contributed by atoms with E-state index in [1.54, 1.807) is 22.8 Å². The molecule has 2 rings (SSSR count). The molecular weight excluding hydrogens is 352 g/mol. The van der Waals surface area contributed by atoms with Crippen molar-refractivity contribution >= 4 is 12.0 Å². The molecule has 0 fully saturated rings. The molecule has 152 valence electrons. The summed E-state index contributed by atoms with van der Waals surface area (Å²) in [5, 5.41) is 7.15. The van der Waals surface area contributed by atoms with Gasteiger partial charge in [-0.15, -0.1) is 0 Å². The predicted octanol–water partition coefficient (Wildman–Crippen LogP) is 1.42. The van der Waals surface area contributed by atoms with Crippen molar-refractivity contribution in [1.82, 2.24) is 20.0 Å². The number of carbonyl (C=O) groups is 2. The Morgan fingerprint density at radius 3 is 2.70 bits per heavy atom. The molecule has 27 heavy (non-hydrogen) atoms. The highest BCUT2D eigenvalue weighted by Gasteiger charge is 2.26. The molecule has 1 aromatic heterocycles. The molecule has 0 saturated heterocycles. The molecule has 0 saturated carbocycles. The fraction of sp³-hybridized carbons (Fsp3) is 0.722. The van der Waals surface area contributed by atoms with Gasteiger partial charge in [-0.05, 0) is 33.3 Å². The van der Waals surface area contributed by atoms with Crippen LogP contribution in [0.3, 0.4) is 0 Å². The van der Waals surface area contributed by atoms with Crippen LogP contribution in [0, 0.1) is 0 Å². The van der Waals surface area contributed by atoms with Gasteiger partial charge in [0.25, 0.3) is 5.91 Å². The summed E-state index contributed by atoms with van der Waals surface area (Å²) in [7, 11) is 1.61. The van der Waals surface area contributed by atoms with E-state index < -0.39 is 5.60 Å². The van der Waals surface area contributed by atoms with Gasteiger partial charge in [-0.3, -0.25) is 9.48 Å². The highest BCUT2D eigenvalue weighted by molar-refractivity contribution is 5.92. The van der Waals surface area contributed by atoms with E-state index in [4.69, 9.17) is 14.2 Å². The van der Waals surface area contributed by atoms with Gasteiger partial charge in [0.15, 0.2) is 5.69 Å². The SMILES string of the molecule is COCCOCCNC(=O)c1cc2n(n1)CCCN(C(=O)OC(C)(C)C)C2. The van der Waals surface area contributed by atoms with Gasteiger partial charge in [0.05, 0.1) is 32.1 Å². The van der Waals surface area contributed by atoms with Crippen LogP contribution >= 0.6 is 0 Å². The third kappa shape index (κ3) is 6.84. The minimum Gasteiger partial charge on any atom is -0.444 e. The van der Waals surface area contributed by atoms with Crippen LogP contribution in [0.25, 0.3) is 0 Å². The first-order valence-corrected chi connectivity index (χ1v) is 9.19. The van der Waals surface area contributed by atoms with E-state index in [1.807, 2.05) is 20.8 Å². The van der Waals surface area contributed by atoms with E-state index in [0.29, 0.717) is 51.7 Å². The van der Waals surface area contributed by atoms with Crippen LogP contribution in [-0.2, 0) is 27.3 Å². The molecule has 1 aliphatic rings. The van der Waals surface area contributed by atoms with E-state index >= 15 is 0 Å². The van der Waals surface area contributed by atoms with Crippen molar-refractivity contribution in [1.29, 1.82) is 0 Å². The average molecular weight is 382 g/mol. The lowest BCUT2D eigenvalue weighted by Crippen LogP contribution is -2.36. The first kappa shape index (κ1) is 21.2. The summed E-state index contributed by atoms with van der Waals surface area (Å²) in [6, 6.07) is 1.73. The first-order valence-electron chi connectivity index (χ1n) is 9.19. The minimum atomic E-state index is -0.542. The second kappa shape index (κ2) is 9.70. The summed E-state index contributed by atoms with van der Waals surface area (Å²) in [6.07, 6.45) is 0.402. The molecule has 9 nitrogen and oxygen atoms in total. The summed E-state index contributed by atoms with van der Waals surface area (Å²) in [6.45, 7) is 8.97. The van der Waals surface area contributed by atoms with Crippen molar-refractivity contribution in [2.24, 2.45) is 0 Å². The largest absolute Gasteiger partial charge is 0.444 e. The number of nitrogens with one attached hydrogen (secondary N) is 1. The van der Waals surface area contributed by atoms with Gasteiger partial charge in [-0.25, -0.2) is 4.79 Å². The van der Waals surface area contributed by atoms with Gasteiger partial charge in [0.1, 0.15) is 5.60 Å². The maximum atomic E-state index is 12.3. The predicted molar refractivity (Wildman–Crippen MR) is 98.5 cm³/mol. The monoisotopic (exact) mass is 382 g/mol. The standard InChI is InChI=1S/C18H30N4O5/c1-18(2,3)27-17(24)21-7-5-8-22-14(13-21)12-15(20-22)16(23)19-6-9-26-11-10-25-4/h12H,5-11,13H2,1-4H3,(H,19,23). The summed E-state index contributed by atoms with van der Waals surface area (Å²) >= 11 is 0. The van der Waals surface area contributed by atoms with Crippen LogP contribution in [0.4, 0.5) is 4.79 Å². The number of fused-ring (bicyclic) bond motifs is 1. The number of methoxy groups -OCH3 is 1. The maximum Gasteiger partial charge on any atom is 0.410 e. The van der Waals surface area contributed by atoms with Gasteiger partial charge in [-0.1, -0.05) is 0 Å². The fourth-order valence-electron chi connectivity index (χ4n) is 2.63. The molecule has 0 aliphatic carbocycles. The lowest BCUT2D eigenvalue weighted by Gasteiger charge is -2.26. The highest BCUT2D eigenvalue weighted by atomic mass is 16.6. The summed E-state index contributed by atoms with van der Waals surface area (Å²) in [4.78, 5) is 26.3. The number of aryl methyl sites for hydroxylation is 1. The van der Waals surface area contributed by atoms with Crippen LogP contribution in [0.2, 0.25) is 0 Å². The van der Waals surface area contributed by atoms with Gasteiger partial charge in [-0.2, -0.15) is 5.10 Å². The summed E-state index contributed by atoms with van der Waals surface area (Å²) in [5.74, 6) is -0.255. The van der Waals surface area contributed by atoms with Crippen LogP contribution in [-0.4, -0.2) is 72.3 Å². The Hall–Kier alpha value is -2.13. The molecule has 0 atom stereocenters. The Labute approximate surface area is 159 Å². The zero-order valence-electron chi connectivity index (χ0n) is 16.6. The van der Waals surface area contributed by atoms with E-state index in [2.05, 4.69) is 10.4 Å². The van der Waals surface area contributed by atoms with Crippen molar-refractivity contribution in [2.45, 2.75) is 45.9 Å². The first-order chi connectivity index (χ1) is 12.8. The minimum absolute atomic E-state index is 0.255. The number of carbonyl (C=O) groups excluding carboxylic acids is 2. The average Bonchev–Trinajstić information content (AvgIpc) is 2.88. The van der Waals surface area contributed by atoms with E-state index in [9.17, 15) is 9.59 Å². The Balaban J connectivity index is 1.90. The molecule has 0 spiro atoms. The smallest absolute Gasteiger partial charge is 0.410 e. The molecule has 1 aromatic rings. The zero-order chi connectivity index (χ0) is 19.9. The van der Waals surface area contributed by atoms with Gasteiger partial charge in [0, 0.05) is 26.7 Å². The van der Waals surface area contributed by atoms with Gasteiger partial charge in [0.2, 0.25) is 0 Å². The molecule has 2 amide bonds. The van der Waals surface area contributed by atoms with Gasteiger partial charge < -0.3 is 24.4 Å². The van der Waals surface area contributed by atoms with Crippen molar-refractivity contribution in [3.8, 4) is 0 Å². The quantitative estimate of drug-likeness (QED) is 0.717. The fourth-order valence-corrected chi connectivity index (χ4v) is 2.63. The second-order valence-electron chi connectivity index (χ2n) is 7.36. The molecule has 0 radical (unpaired) electrons. The third-order valence-corrected chi connectivity index (χ3v) is 3.86. The van der Waals surface area contributed by atoms with Gasteiger partial charge >= 0.3 is 6.09 Å². The molecule has 9 heteroatoms. The van der Waals surface area contributed by atoms with Crippen molar-refractivity contribution in [3.05, 3.63) is 17.5 Å². The van der Waals surface area contributed by atoms with E-state index in [-0.39, 0.29) is 12.0 Å². The number of hydrogen-bond donors (Lipinski definition) is 1. The van der Waals surface area contributed by atoms with Crippen LogP contribution < -0.4 is 5.32 Å². The van der Waals surface area contributed by atoms with E-state index in [1.165, 1.54) is 0 Å². The molecule has 0 aromatic carbocycles. The summed E-state index contributed by atoms with van der Waals surface area (Å²) in [5.41, 5.74) is 0.618. The topological polar surface area (TPSA) is 94.9 Å². The lowest BCUT2D eigenvalue weighted by atomic mass is 10.2. The molecule has 1 N–H and O–H groups in total. The Morgan fingerprint density at radius 1 is 1.22 bits per heavy atom.